The van der Waals surface area contributed by atoms with Gasteiger partial charge in [0.1, 0.15) is 5.56 Å². The van der Waals surface area contributed by atoms with Crippen molar-refractivity contribution in [2.24, 2.45) is 7.05 Å². The summed E-state index contributed by atoms with van der Waals surface area (Å²) in [6.07, 6.45) is 7.01. The Hall–Kier alpha value is -2.17. The van der Waals surface area contributed by atoms with Crippen LogP contribution in [-0.2, 0) is 13.6 Å². The van der Waals surface area contributed by atoms with Gasteiger partial charge >= 0.3 is 0 Å². The van der Waals surface area contributed by atoms with Crippen LogP contribution in [0.15, 0.2) is 24.3 Å². The van der Waals surface area contributed by atoms with Gasteiger partial charge in [-0.1, -0.05) is 37.1 Å². The lowest BCUT2D eigenvalue weighted by Crippen LogP contribution is -2.34. The molecular weight excluding hydrogens is 329 g/mol. The van der Waals surface area contributed by atoms with Crippen LogP contribution in [0.2, 0.25) is 0 Å². The fourth-order valence-corrected chi connectivity index (χ4v) is 4.27. The van der Waals surface area contributed by atoms with Crippen LogP contribution in [0.3, 0.4) is 0 Å². The summed E-state index contributed by atoms with van der Waals surface area (Å²) in [6.45, 7) is 2.26. The zero-order valence-corrected chi connectivity index (χ0v) is 15.5. The highest BCUT2D eigenvalue weighted by atomic mass is 19.1. The van der Waals surface area contributed by atoms with Gasteiger partial charge in [0, 0.05) is 19.6 Å². The van der Waals surface area contributed by atoms with Gasteiger partial charge in [-0.2, -0.15) is 9.49 Å². The van der Waals surface area contributed by atoms with Gasteiger partial charge in [0.25, 0.3) is 5.91 Å². The first kappa shape index (κ1) is 17.3. The van der Waals surface area contributed by atoms with Crippen molar-refractivity contribution in [3.8, 4) is 0 Å². The Balaban J connectivity index is 1.64. The predicted molar refractivity (Wildman–Crippen MR) is 98.4 cm³/mol. The van der Waals surface area contributed by atoms with E-state index in [9.17, 15) is 9.18 Å². The molecule has 1 aromatic carbocycles. The molecule has 2 aliphatic rings. The normalized spacial score (nSPS) is 17.7. The summed E-state index contributed by atoms with van der Waals surface area (Å²) < 4.78 is 15.6. The molecule has 5 heteroatoms. The number of benzene rings is 1. The Morgan fingerprint density at radius 3 is 2.54 bits per heavy atom. The van der Waals surface area contributed by atoms with Gasteiger partial charge in [-0.25, -0.2) is 4.68 Å². The lowest BCUT2D eigenvalue weighted by atomic mass is 9.92. The minimum Gasteiger partial charge on any atom is -0.331 e. The molecule has 1 amide bonds. The van der Waals surface area contributed by atoms with Crippen molar-refractivity contribution < 1.29 is 9.18 Å². The summed E-state index contributed by atoms with van der Waals surface area (Å²) in [5.74, 6) is -0.168. The summed E-state index contributed by atoms with van der Waals surface area (Å²) in [6, 6.07) is 8.68. The third-order valence-electron chi connectivity index (χ3n) is 5.81. The molecule has 4 nitrogen and oxygen atoms in total. The molecule has 2 fully saturated rings. The minimum absolute atomic E-state index is 0.123. The largest absolute Gasteiger partial charge is 0.331 e. The summed E-state index contributed by atoms with van der Waals surface area (Å²) in [4.78, 5) is 15.0. The number of carbonyl (C=O) groups excluding carboxylic acids is 1. The molecule has 26 heavy (non-hydrogen) atoms. The van der Waals surface area contributed by atoms with Gasteiger partial charge in [0.15, 0.2) is 0 Å². The predicted octanol–water partition coefficient (Wildman–Crippen LogP) is 4.33. The molecule has 4 rings (SSSR count). The van der Waals surface area contributed by atoms with Crippen LogP contribution < -0.4 is 0 Å². The van der Waals surface area contributed by atoms with Crippen LogP contribution in [0.4, 0.5) is 4.39 Å². The van der Waals surface area contributed by atoms with Crippen LogP contribution >= 0.6 is 0 Å². The summed E-state index contributed by atoms with van der Waals surface area (Å²) in [5, 5.41) is 4.08. The topological polar surface area (TPSA) is 38.1 Å². The maximum Gasteiger partial charge on any atom is 0.260 e. The van der Waals surface area contributed by atoms with Crippen molar-refractivity contribution in [3.63, 3.8) is 0 Å². The third kappa shape index (κ3) is 3.15. The van der Waals surface area contributed by atoms with E-state index in [4.69, 9.17) is 0 Å². The summed E-state index contributed by atoms with van der Waals surface area (Å²) in [5.41, 5.74) is 3.16. The smallest absolute Gasteiger partial charge is 0.260 e. The van der Waals surface area contributed by atoms with E-state index in [-0.39, 0.29) is 17.5 Å². The molecule has 0 unspecified atom stereocenters. The van der Waals surface area contributed by atoms with E-state index in [1.165, 1.54) is 43.9 Å². The Morgan fingerprint density at radius 1 is 1.23 bits per heavy atom. The van der Waals surface area contributed by atoms with Crippen molar-refractivity contribution in [1.82, 2.24) is 14.7 Å². The molecule has 0 atom stereocenters. The molecule has 0 N–H and O–H groups in total. The first-order valence-electron chi connectivity index (χ1n) is 9.64. The molecule has 0 radical (unpaired) electrons. The van der Waals surface area contributed by atoms with Crippen molar-refractivity contribution in [2.45, 2.75) is 64.0 Å². The van der Waals surface area contributed by atoms with E-state index in [2.05, 4.69) is 23.3 Å². The molecule has 2 aliphatic carbocycles. The van der Waals surface area contributed by atoms with Gasteiger partial charge in [-0.3, -0.25) is 4.79 Å². The van der Waals surface area contributed by atoms with E-state index in [1.54, 1.807) is 6.92 Å². The molecule has 0 bridgehead atoms. The van der Waals surface area contributed by atoms with Gasteiger partial charge in [-0.15, -0.1) is 0 Å². The van der Waals surface area contributed by atoms with E-state index in [1.807, 2.05) is 11.0 Å². The van der Waals surface area contributed by atoms with Crippen LogP contribution in [-0.4, -0.2) is 26.6 Å². The van der Waals surface area contributed by atoms with Gasteiger partial charge in [0.2, 0.25) is 5.95 Å². The average molecular weight is 355 g/mol. The summed E-state index contributed by atoms with van der Waals surface area (Å²) >= 11 is 0. The zero-order valence-electron chi connectivity index (χ0n) is 15.5. The number of halogens is 1. The number of nitrogens with zero attached hydrogens (tertiary/aromatic N) is 3. The second-order valence-corrected chi connectivity index (χ2v) is 7.72. The molecule has 1 aromatic heterocycles. The quantitative estimate of drug-likeness (QED) is 0.801. The number of hydrogen-bond acceptors (Lipinski definition) is 2. The van der Waals surface area contributed by atoms with Gasteiger partial charge in [-0.05, 0) is 49.7 Å². The van der Waals surface area contributed by atoms with Crippen LogP contribution in [0.1, 0.15) is 71.6 Å². The van der Waals surface area contributed by atoms with E-state index < -0.39 is 5.95 Å². The zero-order chi connectivity index (χ0) is 18.3. The van der Waals surface area contributed by atoms with Crippen LogP contribution in [0.25, 0.3) is 0 Å². The molecule has 0 saturated heterocycles. The number of aryl methyl sites for hydroxylation is 2. The fourth-order valence-electron chi connectivity index (χ4n) is 4.27. The van der Waals surface area contributed by atoms with Crippen molar-refractivity contribution in [3.05, 3.63) is 52.6 Å². The molecule has 0 spiro atoms. The van der Waals surface area contributed by atoms with Crippen molar-refractivity contribution >= 4 is 5.91 Å². The first-order chi connectivity index (χ1) is 12.6. The number of hydrogen-bond donors (Lipinski definition) is 0. The Bertz CT molecular complexity index is 819. The number of carbonyl (C=O) groups is 1. The van der Waals surface area contributed by atoms with Crippen LogP contribution in [0.5, 0.6) is 0 Å². The van der Waals surface area contributed by atoms with Crippen molar-refractivity contribution in [1.29, 1.82) is 0 Å². The van der Waals surface area contributed by atoms with Gasteiger partial charge < -0.3 is 4.90 Å². The molecule has 138 valence electrons. The minimum atomic E-state index is -0.540. The summed E-state index contributed by atoms with van der Waals surface area (Å²) in [7, 11) is 1.54. The number of amides is 1. The lowest BCUT2D eigenvalue weighted by Gasteiger charge is -2.25. The highest BCUT2D eigenvalue weighted by Gasteiger charge is 2.36. The highest BCUT2D eigenvalue weighted by molar-refractivity contribution is 5.95. The fraction of sp³-hybridized carbons (Fsp3) is 0.524. The second-order valence-electron chi connectivity index (χ2n) is 7.72. The van der Waals surface area contributed by atoms with E-state index >= 15 is 0 Å². The van der Waals surface area contributed by atoms with E-state index in [0.717, 1.165) is 17.5 Å². The maximum absolute atomic E-state index is 14.4. The highest BCUT2D eigenvalue weighted by Crippen LogP contribution is 2.37. The van der Waals surface area contributed by atoms with Crippen molar-refractivity contribution in [2.75, 3.05) is 0 Å². The van der Waals surface area contributed by atoms with Gasteiger partial charge in [0.05, 0.1) is 5.69 Å². The SMILES string of the molecule is Cc1nn(C)c(F)c1C(=O)N(Cc1ccccc1C1CCCC1)C1CC1. The molecule has 2 saturated carbocycles. The Kier molecular flexibility index (Phi) is 4.55. The maximum atomic E-state index is 14.4. The third-order valence-corrected chi connectivity index (χ3v) is 5.81. The molecular formula is C21H26FN3O. The molecule has 2 aromatic rings. The second kappa shape index (κ2) is 6.86. The van der Waals surface area contributed by atoms with Crippen LogP contribution in [0, 0.1) is 12.9 Å². The molecule has 1 heterocycles. The standard InChI is InChI=1S/C21H26FN3O/c1-14-19(20(22)24(2)23-14)21(26)25(17-11-12-17)13-16-9-5-6-10-18(16)15-7-3-4-8-15/h5-6,9-10,15,17H,3-4,7-8,11-13H2,1-2H3. The monoisotopic (exact) mass is 355 g/mol. The average Bonchev–Trinajstić information content (AvgIpc) is 3.25. The molecule has 0 aliphatic heterocycles. The van der Waals surface area contributed by atoms with E-state index in [0.29, 0.717) is 18.2 Å². The lowest BCUT2D eigenvalue weighted by molar-refractivity contribution is 0.0723. The number of aromatic nitrogens is 2. The Labute approximate surface area is 154 Å². The number of rotatable bonds is 5. The first-order valence-corrected chi connectivity index (χ1v) is 9.64. The Morgan fingerprint density at radius 2 is 1.92 bits per heavy atom.